The molecule has 0 radical (unpaired) electrons. The number of halogens is 6. The molecule has 1 aliphatic carbocycles. The van der Waals surface area contributed by atoms with E-state index in [0.29, 0.717) is 6.54 Å². The van der Waals surface area contributed by atoms with Gasteiger partial charge in [0.25, 0.3) is 0 Å². The molecular formula is C27H42F6N2. The molecule has 1 saturated carbocycles. The minimum atomic E-state index is -4.20. The maximum atomic E-state index is 13.0. The smallest absolute Gasteiger partial charge is 0.380 e. The standard InChI is InChI=1S/C27H42F6N2/c1-8-20-12-9-13-25(6)22(35(18-20)17-11-15-27(31,32)33)23(2,3)21(24(25,4)5)19-34(7)16-10-14-26(28,29)30/h9,12,18-19,22H,8,10-11,13-17H2,1-7H3/b12-9-,20-18+,21-19+/t22?,25-/m1/s1. The molecule has 0 amide bonds. The molecule has 8 heteroatoms. The zero-order valence-electron chi connectivity index (χ0n) is 22.2. The molecule has 0 aromatic carbocycles. The van der Waals surface area contributed by atoms with Gasteiger partial charge in [-0.15, -0.1) is 0 Å². The Kier molecular flexibility index (Phi) is 8.81. The molecule has 0 bridgehead atoms. The van der Waals surface area contributed by atoms with E-state index in [-0.39, 0.29) is 36.3 Å². The van der Waals surface area contributed by atoms with Gasteiger partial charge in [-0.05, 0) is 48.4 Å². The van der Waals surface area contributed by atoms with E-state index in [0.717, 1.165) is 24.0 Å². The minimum Gasteiger partial charge on any atom is -0.380 e. The van der Waals surface area contributed by atoms with Crippen LogP contribution in [0, 0.1) is 16.2 Å². The Labute approximate surface area is 207 Å². The van der Waals surface area contributed by atoms with Crippen LogP contribution < -0.4 is 0 Å². The Morgan fingerprint density at radius 2 is 1.57 bits per heavy atom. The fraction of sp³-hybridized carbons (Fsp3) is 0.778. The second kappa shape index (κ2) is 10.4. The molecule has 2 nitrogen and oxygen atoms in total. The summed E-state index contributed by atoms with van der Waals surface area (Å²) >= 11 is 0. The number of fused-ring (bicyclic) bond motifs is 1. The molecular weight excluding hydrogens is 466 g/mol. The zero-order chi connectivity index (χ0) is 26.9. The van der Waals surface area contributed by atoms with Crippen LogP contribution in [0.1, 0.15) is 80.1 Å². The van der Waals surface area contributed by atoms with Crippen LogP contribution in [0.25, 0.3) is 0 Å². The van der Waals surface area contributed by atoms with E-state index in [2.05, 4.69) is 51.7 Å². The van der Waals surface area contributed by atoms with Gasteiger partial charge in [0, 0.05) is 56.1 Å². The van der Waals surface area contributed by atoms with Crippen LogP contribution in [0.4, 0.5) is 26.3 Å². The van der Waals surface area contributed by atoms with Crippen molar-refractivity contribution in [2.24, 2.45) is 16.2 Å². The van der Waals surface area contributed by atoms with Crippen LogP contribution in [0.15, 0.2) is 35.7 Å². The summed E-state index contributed by atoms with van der Waals surface area (Å²) in [6.07, 6.45) is -0.181. The van der Waals surface area contributed by atoms with Crippen molar-refractivity contribution in [3.05, 3.63) is 35.7 Å². The van der Waals surface area contributed by atoms with Gasteiger partial charge in [0.2, 0.25) is 0 Å². The van der Waals surface area contributed by atoms with Gasteiger partial charge in [0.05, 0.1) is 0 Å². The van der Waals surface area contributed by atoms with Crippen molar-refractivity contribution < 1.29 is 26.3 Å². The van der Waals surface area contributed by atoms with E-state index in [9.17, 15) is 26.3 Å². The van der Waals surface area contributed by atoms with Crippen molar-refractivity contribution >= 4 is 0 Å². The highest BCUT2D eigenvalue weighted by Crippen LogP contribution is 2.66. The molecule has 2 atom stereocenters. The van der Waals surface area contributed by atoms with Gasteiger partial charge < -0.3 is 9.80 Å². The largest absolute Gasteiger partial charge is 0.389 e. The lowest BCUT2D eigenvalue weighted by atomic mass is 9.64. The van der Waals surface area contributed by atoms with E-state index >= 15 is 0 Å². The highest BCUT2D eigenvalue weighted by Gasteiger charge is 2.64. The summed E-state index contributed by atoms with van der Waals surface area (Å²) in [6.45, 7) is 13.4. The third kappa shape index (κ3) is 6.79. The number of allylic oxidation sites excluding steroid dienone is 3. The quantitative estimate of drug-likeness (QED) is 0.303. The summed E-state index contributed by atoms with van der Waals surface area (Å²) in [6, 6.07) is -0.0699. The van der Waals surface area contributed by atoms with Crippen molar-refractivity contribution in [3.63, 3.8) is 0 Å². The molecule has 2 aliphatic rings. The van der Waals surface area contributed by atoms with Gasteiger partial charge in [0.1, 0.15) is 0 Å². The monoisotopic (exact) mass is 508 g/mol. The fourth-order valence-electron chi connectivity index (χ4n) is 6.34. The lowest BCUT2D eigenvalue weighted by Crippen LogP contribution is -2.51. The van der Waals surface area contributed by atoms with Crippen LogP contribution in [0.5, 0.6) is 0 Å². The van der Waals surface area contributed by atoms with Crippen LogP contribution in [-0.2, 0) is 0 Å². The van der Waals surface area contributed by atoms with Gasteiger partial charge in [-0.3, -0.25) is 0 Å². The third-order valence-electron chi connectivity index (χ3n) is 8.22. The van der Waals surface area contributed by atoms with E-state index < -0.39 is 30.6 Å². The van der Waals surface area contributed by atoms with Gasteiger partial charge in [-0.25, -0.2) is 0 Å². The van der Waals surface area contributed by atoms with E-state index in [1.165, 1.54) is 0 Å². The highest BCUT2D eigenvalue weighted by molar-refractivity contribution is 5.37. The summed E-state index contributed by atoms with van der Waals surface area (Å²) < 4.78 is 76.8. The van der Waals surface area contributed by atoms with Crippen LogP contribution >= 0.6 is 0 Å². The summed E-state index contributed by atoms with van der Waals surface area (Å²) in [4.78, 5) is 3.96. The Morgan fingerprint density at radius 1 is 1.00 bits per heavy atom. The average molecular weight is 509 g/mol. The highest BCUT2D eigenvalue weighted by atomic mass is 19.4. The third-order valence-corrected chi connectivity index (χ3v) is 8.22. The molecule has 1 aliphatic heterocycles. The number of rotatable bonds is 8. The molecule has 1 heterocycles. The number of alkyl halides is 6. The second-order valence-electron chi connectivity index (χ2n) is 11.5. The van der Waals surface area contributed by atoms with Crippen molar-refractivity contribution in [1.29, 1.82) is 0 Å². The first-order valence-electron chi connectivity index (χ1n) is 12.5. The van der Waals surface area contributed by atoms with Crippen LogP contribution in [-0.4, -0.2) is 48.3 Å². The van der Waals surface area contributed by atoms with Crippen LogP contribution in [0.2, 0.25) is 0 Å². The molecule has 202 valence electrons. The summed E-state index contributed by atoms with van der Waals surface area (Å²) in [5.41, 5.74) is 1.17. The first kappa shape index (κ1) is 29.6. The van der Waals surface area contributed by atoms with Crippen LogP contribution in [0.3, 0.4) is 0 Å². The summed E-state index contributed by atoms with van der Waals surface area (Å²) in [5, 5.41) is 0. The second-order valence-corrected chi connectivity index (χ2v) is 11.5. The maximum Gasteiger partial charge on any atom is 0.389 e. The molecule has 0 N–H and O–H groups in total. The molecule has 0 saturated heterocycles. The fourth-order valence-corrected chi connectivity index (χ4v) is 6.34. The SMILES string of the molecule is CCC1=C\N(CCCC(F)(F)F)C2C(C)(C)/C(=C\N(C)CCCC(F)(F)F)C(C)(C)[C@]2(C)C/C=C\1. The van der Waals surface area contributed by atoms with E-state index in [1.807, 2.05) is 24.2 Å². The number of hydrogen-bond acceptors (Lipinski definition) is 2. The molecule has 0 aromatic heterocycles. The van der Waals surface area contributed by atoms with Crippen molar-refractivity contribution in [2.75, 3.05) is 20.1 Å². The van der Waals surface area contributed by atoms with E-state index in [1.54, 1.807) is 7.05 Å². The molecule has 35 heavy (non-hydrogen) atoms. The normalized spacial score (nSPS) is 29.9. The first-order valence-corrected chi connectivity index (χ1v) is 12.5. The minimum absolute atomic E-state index is 0.0141. The molecule has 0 aromatic rings. The van der Waals surface area contributed by atoms with Crippen molar-refractivity contribution in [3.8, 4) is 0 Å². The Morgan fingerprint density at radius 3 is 2.11 bits per heavy atom. The molecule has 1 unspecified atom stereocenters. The van der Waals surface area contributed by atoms with Gasteiger partial charge in [-0.1, -0.05) is 53.7 Å². The summed E-state index contributed by atoms with van der Waals surface area (Å²) in [7, 11) is 1.80. The lowest BCUT2D eigenvalue weighted by Gasteiger charge is -2.48. The number of hydrogen-bond donors (Lipinski definition) is 0. The Bertz CT molecular complexity index is 819. The lowest BCUT2D eigenvalue weighted by molar-refractivity contribution is -0.137. The number of nitrogens with zero attached hydrogens (tertiary/aromatic N) is 2. The predicted octanol–water partition coefficient (Wildman–Crippen LogP) is 8.48. The molecule has 1 fully saturated rings. The van der Waals surface area contributed by atoms with Crippen molar-refractivity contribution in [2.45, 2.75) is 98.5 Å². The topological polar surface area (TPSA) is 6.48 Å². The molecule has 0 spiro atoms. The Balaban J connectivity index is 2.47. The van der Waals surface area contributed by atoms with Gasteiger partial charge in [-0.2, -0.15) is 26.3 Å². The average Bonchev–Trinajstić information content (AvgIpc) is 2.77. The van der Waals surface area contributed by atoms with Crippen molar-refractivity contribution in [1.82, 2.24) is 9.80 Å². The van der Waals surface area contributed by atoms with Gasteiger partial charge >= 0.3 is 12.4 Å². The maximum absolute atomic E-state index is 13.0. The summed E-state index contributed by atoms with van der Waals surface area (Å²) in [5.74, 6) is 0. The Hall–Kier alpha value is -1.60. The first-order chi connectivity index (χ1) is 15.8. The van der Waals surface area contributed by atoms with E-state index in [4.69, 9.17) is 0 Å². The predicted molar refractivity (Wildman–Crippen MR) is 130 cm³/mol. The van der Waals surface area contributed by atoms with Gasteiger partial charge in [0.15, 0.2) is 0 Å². The zero-order valence-corrected chi connectivity index (χ0v) is 22.2. The molecule has 2 rings (SSSR count).